The first-order valence-corrected chi connectivity index (χ1v) is 13.0. The molecule has 206 valence electrons. The number of hydrogen-bond donors (Lipinski definition) is 3. The van der Waals surface area contributed by atoms with Gasteiger partial charge in [0.15, 0.2) is 5.96 Å². The average molecular weight is 563 g/mol. The second kappa shape index (κ2) is 11.4. The number of benzene rings is 1. The highest BCUT2D eigenvalue weighted by molar-refractivity contribution is 7.06. The van der Waals surface area contributed by atoms with Crippen molar-refractivity contribution in [1.29, 1.82) is 0 Å². The summed E-state index contributed by atoms with van der Waals surface area (Å²) in [7, 11) is 0. The predicted octanol–water partition coefficient (Wildman–Crippen LogP) is 3.49. The van der Waals surface area contributed by atoms with Gasteiger partial charge in [-0.15, -0.1) is 0 Å². The molecule has 0 saturated heterocycles. The zero-order chi connectivity index (χ0) is 27.4. The van der Waals surface area contributed by atoms with Crippen LogP contribution in [0.15, 0.2) is 41.8 Å². The van der Waals surface area contributed by atoms with E-state index in [1.165, 1.54) is 11.5 Å². The molecular weight excluding hydrogens is 537 g/mol. The fourth-order valence-corrected chi connectivity index (χ4v) is 5.05. The number of halogens is 3. The van der Waals surface area contributed by atoms with Gasteiger partial charge in [-0.05, 0) is 36.2 Å². The molecule has 0 radical (unpaired) electrons. The molecule has 4 heterocycles. The number of nitrogens with zero attached hydrogens (tertiary/aromatic N) is 3. The molecule has 0 saturated carbocycles. The molecular formula is C25H25F3N6O4S. The molecule has 3 aromatic rings. The Morgan fingerprint density at radius 3 is 2.95 bits per heavy atom. The van der Waals surface area contributed by atoms with E-state index in [4.69, 9.17) is 4.74 Å². The first-order valence-electron chi connectivity index (χ1n) is 12.2. The van der Waals surface area contributed by atoms with Gasteiger partial charge in [-0.1, -0.05) is 0 Å². The molecule has 1 unspecified atom stereocenters. The molecule has 0 aliphatic carbocycles. The van der Waals surface area contributed by atoms with Gasteiger partial charge in [0.2, 0.25) is 0 Å². The molecule has 14 heteroatoms. The maximum Gasteiger partial charge on any atom is 0.491 e. The molecule has 0 spiro atoms. The van der Waals surface area contributed by atoms with Crippen molar-refractivity contribution in [3.8, 4) is 5.75 Å². The van der Waals surface area contributed by atoms with Gasteiger partial charge in [0, 0.05) is 66.3 Å². The normalized spacial score (nSPS) is 15.5. The highest BCUT2D eigenvalue weighted by atomic mass is 32.1. The third kappa shape index (κ3) is 6.33. The summed E-state index contributed by atoms with van der Waals surface area (Å²) in [6.45, 7) is 3.18. The van der Waals surface area contributed by atoms with Gasteiger partial charge in [0.05, 0.1) is 30.5 Å². The number of H-pyrrole nitrogens is 1. The van der Waals surface area contributed by atoms with Crippen LogP contribution in [-0.4, -0.2) is 64.6 Å². The lowest BCUT2D eigenvalue weighted by Crippen LogP contribution is -2.34. The topological polar surface area (TPSA) is 121 Å². The van der Waals surface area contributed by atoms with Crippen molar-refractivity contribution in [2.24, 2.45) is 4.99 Å². The zero-order valence-corrected chi connectivity index (χ0v) is 21.4. The predicted molar refractivity (Wildman–Crippen MR) is 138 cm³/mol. The van der Waals surface area contributed by atoms with Crippen LogP contribution in [-0.2, 0) is 20.9 Å². The average Bonchev–Trinajstić information content (AvgIpc) is 3.67. The molecule has 0 fully saturated rings. The molecule has 2 aliphatic heterocycles. The summed E-state index contributed by atoms with van der Waals surface area (Å²) in [5.41, 5.74) is 2.32. The third-order valence-electron chi connectivity index (χ3n) is 6.25. The second-order valence-electron chi connectivity index (χ2n) is 8.92. The number of ether oxygens (including phenoxy) is 2. The lowest BCUT2D eigenvalue weighted by Gasteiger charge is -2.32. The van der Waals surface area contributed by atoms with Crippen LogP contribution in [0.25, 0.3) is 17.0 Å². The van der Waals surface area contributed by atoms with Crippen molar-refractivity contribution in [3.05, 3.63) is 52.8 Å². The largest absolute Gasteiger partial charge is 0.493 e. The van der Waals surface area contributed by atoms with E-state index in [1.54, 1.807) is 24.7 Å². The monoisotopic (exact) mass is 562 g/mol. The molecule has 1 atom stereocenters. The van der Waals surface area contributed by atoms with Gasteiger partial charge in [-0.2, -0.15) is 13.2 Å². The Hall–Kier alpha value is -4.07. The van der Waals surface area contributed by atoms with E-state index in [-0.39, 0.29) is 0 Å². The molecule has 2 aromatic heterocycles. The van der Waals surface area contributed by atoms with Crippen molar-refractivity contribution in [3.63, 3.8) is 0 Å². The van der Waals surface area contributed by atoms with Gasteiger partial charge in [0.1, 0.15) is 5.75 Å². The Bertz CT molecular complexity index is 1420. The summed E-state index contributed by atoms with van der Waals surface area (Å²) >= 11 is 1.32. The van der Waals surface area contributed by atoms with Crippen LogP contribution >= 0.6 is 11.5 Å². The number of aromatic amines is 1. The first kappa shape index (κ1) is 26.5. The van der Waals surface area contributed by atoms with Gasteiger partial charge in [-0.3, -0.25) is 9.79 Å². The number of guanidine groups is 1. The highest BCUT2D eigenvalue weighted by Crippen LogP contribution is 2.36. The SMILES string of the molecule is O=C(CC(c1c[nH]c2cc(OCCCNC3=NCCN3)ccc12)N1C=Cc2sncc2C1)OC(=O)C(F)(F)F. The number of carbonyl (C=O) groups is 2. The number of hydrogen-bond acceptors (Lipinski definition) is 10. The van der Waals surface area contributed by atoms with Crippen molar-refractivity contribution in [2.45, 2.75) is 31.6 Å². The second-order valence-corrected chi connectivity index (χ2v) is 9.75. The van der Waals surface area contributed by atoms with E-state index < -0.39 is 30.6 Å². The van der Waals surface area contributed by atoms with Crippen molar-refractivity contribution >= 4 is 46.4 Å². The van der Waals surface area contributed by atoms with Crippen LogP contribution < -0.4 is 15.4 Å². The van der Waals surface area contributed by atoms with Crippen LogP contribution in [0.3, 0.4) is 0 Å². The van der Waals surface area contributed by atoms with Gasteiger partial charge < -0.3 is 30.0 Å². The fourth-order valence-electron chi connectivity index (χ4n) is 4.40. The first-order chi connectivity index (χ1) is 18.8. The van der Waals surface area contributed by atoms with E-state index in [0.29, 0.717) is 31.0 Å². The minimum atomic E-state index is -5.26. The van der Waals surface area contributed by atoms with Crippen molar-refractivity contribution in [1.82, 2.24) is 24.9 Å². The molecule has 2 aliphatic rings. The maximum absolute atomic E-state index is 12.7. The smallest absolute Gasteiger partial charge is 0.491 e. The number of esters is 2. The van der Waals surface area contributed by atoms with E-state index in [0.717, 1.165) is 46.8 Å². The van der Waals surface area contributed by atoms with Gasteiger partial charge >= 0.3 is 18.1 Å². The number of aliphatic imine (C=N–C) groups is 1. The number of rotatable bonds is 9. The minimum Gasteiger partial charge on any atom is -0.493 e. The Morgan fingerprint density at radius 1 is 1.28 bits per heavy atom. The standard InChI is InChI=1S/C25H25F3N6O4S/c26-25(27,28)23(36)38-22(35)11-20(34-8-4-21-15(14-34)12-33-39-21)18-13-32-19-10-16(2-3-17(18)19)37-9-1-5-29-24-30-6-7-31-24/h2-4,8,10,12-13,20,32H,1,5-7,9,11,14H2,(H2,29,30,31). The van der Waals surface area contributed by atoms with Crippen molar-refractivity contribution in [2.75, 3.05) is 26.2 Å². The fraction of sp³-hybridized carbons (Fsp3) is 0.360. The van der Waals surface area contributed by atoms with Crippen LogP contribution in [0.1, 0.15) is 34.9 Å². The number of aromatic nitrogens is 2. The van der Waals surface area contributed by atoms with E-state index >= 15 is 0 Å². The Balaban J connectivity index is 1.30. The highest BCUT2D eigenvalue weighted by Gasteiger charge is 2.43. The van der Waals surface area contributed by atoms with Gasteiger partial charge in [-0.25, -0.2) is 9.17 Å². The molecule has 1 aromatic carbocycles. The van der Waals surface area contributed by atoms with Crippen molar-refractivity contribution < 1.29 is 32.2 Å². The molecule has 0 amide bonds. The summed E-state index contributed by atoms with van der Waals surface area (Å²) in [4.78, 5) is 33.9. The Morgan fingerprint density at radius 2 is 2.15 bits per heavy atom. The Labute approximate surface area is 225 Å². The van der Waals surface area contributed by atoms with Crippen LogP contribution in [0, 0.1) is 0 Å². The quantitative estimate of drug-likeness (QED) is 0.206. The minimum absolute atomic E-state index is 0.386. The summed E-state index contributed by atoms with van der Waals surface area (Å²) in [5.74, 6) is -2.36. The van der Waals surface area contributed by atoms with E-state index in [1.807, 2.05) is 23.1 Å². The van der Waals surface area contributed by atoms with E-state index in [2.05, 4.69) is 29.7 Å². The summed E-state index contributed by atoms with van der Waals surface area (Å²) in [6.07, 6.45) is 2.04. The number of nitrogens with one attached hydrogen (secondary N) is 3. The summed E-state index contributed by atoms with van der Waals surface area (Å²) in [6, 6.07) is 4.74. The van der Waals surface area contributed by atoms with Crippen LogP contribution in [0.2, 0.25) is 0 Å². The zero-order valence-electron chi connectivity index (χ0n) is 20.6. The molecule has 3 N–H and O–H groups in total. The number of fused-ring (bicyclic) bond motifs is 2. The van der Waals surface area contributed by atoms with Gasteiger partial charge in [0.25, 0.3) is 0 Å². The molecule has 5 rings (SSSR count). The molecule has 10 nitrogen and oxygen atoms in total. The molecule has 0 bridgehead atoms. The van der Waals surface area contributed by atoms with Crippen LogP contribution in [0.5, 0.6) is 5.75 Å². The van der Waals surface area contributed by atoms with Crippen LogP contribution in [0.4, 0.5) is 13.2 Å². The molecule has 39 heavy (non-hydrogen) atoms. The Kier molecular flexibility index (Phi) is 7.72. The maximum atomic E-state index is 12.7. The summed E-state index contributed by atoms with van der Waals surface area (Å²) in [5, 5.41) is 7.10. The summed E-state index contributed by atoms with van der Waals surface area (Å²) < 4.78 is 52.2. The lowest BCUT2D eigenvalue weighted by atomic mass is 9.99. The lowest BCUT2D eigenvalue weighted by molar-refractivity contribution is -0.202. The number of carbonyl (C=O) groups excluding carboxylic acids is 2. The van der Waals surface area contributed by atoms with E-state index in [9.17, 15) is 22.8 Å². The third-order valence-corrected chi connectivity index (χ3v) is 7.05. The number of alkyl halides is 3.